The molecule has 166 valence electrons. The molecule has 0 saturated heterocycles. The number of nitrogens with one attached hydrogen (secondary N) is 1. The van der Waals surface area contributed by atoms with Gasteiger partial charge >= 0.3 is 0 Å². The van der Waals surface area contributed by atoms with Gasteiger partial charge < -0.3 is 23.9 Å². The Morgan fingerprint density at radius 1 is 0.939 bits per heavy atom. The summed E-state index contributed by atoms with van der Waals surface area (Å²) < 4.78 is 22.2. The van der Waals surface area contributed by atoms with Gasteiger partial charge in [-0.2, -0.15) is 5.26 Å². The maximum atomic E-state index is 9.69. The molecule has 7 nitrogen and oxygen atoms in total. The van der Waals surface area contributed by atoms with E-state index in [1.54, 1.807) is 27.4 Å². The number of hydrogen-bond donors (Lipinski definition) is 1. The van der Waals surface area contributed by atoms with E-state index in [2.05, 4.69) is 16.0 Å². The number of rotatable bonds is 8. The summed E-state index contributed by atoms with van der Waals surface area (Å²) in [6.07, 6.45) is 1.76. The Bertz CT molecular complexity index is 1320. The van der Waals surface area contributed by atoms with Gasteiger partial charge in [0.2, 0.25) is 0 Å². The molecule has 1 N–H and O–H groups in total. The van der Waals surface area contributed by atoms with Crippen molar-refractivity contribution in [2.45, 2.75) is 6.61 Å². The largest absolute Gasteiger partial charge is 0.497 e. The Kier molecular flexibility index (Phi) is 6.46. The molecule has 1 aromatic heterocycles. The number of allylic oxidation sites excluding steroid dienone is 1. The standard InChI is InChI=1S/C26H23N3O4/c1-30-20-9-11-23(31-2)19(14-20)16-33-24-10-8-17(13-25(24)32-3)12-18(15-27)26-28-21-6-4-5-7-22(21)29-26/h4-14H,16H2,1-3H3,(H,28,29)/b18-12+. The Morgan fingerprint density at radius 2 is 1.73 bits per heavy atom. The van der Waals surface area contributed by atoms with Gasteiger partial charge in [0, 0.05) is 5.56 Å². The van der Waals surface area contributed by atoms with E-state index < -0.39 is 0 Å². The number of nitrogens with zero attached hydrogens (tertiary/aromatic N) is 2. The lowest BCUT2D eigenvalue weighted by Crippen LogP contribution is -2.01. The van der Waals surface area contributed by atoms with Gasteiger partial charge in [-0.05, 0) is 54.1 Å². The lowest BCUT2D eigenvalue weighted by molar-refractivity contribution is 0.277. The van der Waals surface area contributed by atoms with Crippen molar-refractivity contribution in [3.05, 3.63) is 77.6 Å². The minimum atomic E-state index is 0.272. The number of methoxy groups -OCH3 is 3. The average molecular weight is 441 g/mol. The van der Waals surface area contributed by atoms with Crippen LogP contribution < -0.4 is 18.9 Å². The van der Waals surface area contributed by atoms with Gasteiger partial charge in [0.15, 0.2) is 11.5 Å². The minimum absolute atomic E-state index is 0.272. The van der Waals surface area contributed by atoms with E-state index in [1.807, 2.05) is 60.7 Å². The Balaban J connectivity index is 1.58. The fraction of sp³-hybridized carbons (Fsp3) is 0.154. The summed E-state index contributed by atoms with van der Waals surface area (Å²) in [4.78, 5) is 7.69. The van der Waals surface area contributed by atoms with Crippen LogP contribution >= 0.6 is 0 Å². The molecule has 0 radical (unpaired) electrons. The van der Waals surface area contributed by atoms with Crippen molar-refractivity contribution in [3.8, 4) is 29.1 Å². The van der Waals surface area contributed by atoms with Crippen molar-refractivity contribution in [2.24, 2.45) is 0 Å². The highest BCUT2D eigenvalue weighted by Gasteiger charge is 2.12. The molecule has 0 aliphatic rings. The molecule has 0 aliphatic carbocycles. The van der Waals surface area contributed by atoms with E-state index in [4.69, 9.17) is 18.9 Å². The summed E-state index contributed by atoms with van der Waals surface area (Å²) in [5, 5.41) is 9.69. The average Bonchev–Trinajstić information content (AvgIpc) is 3.30. The van der Waals surface area contributed by atoms with Crippen LogP contribution in [0, 0.1) is 11.3 Å². The van der Waals surface area contributed by atoms with Crippen LogP contribution in [0.5, 0.6) is 23.0 Å². The lowest BCUT2D eigenvalue weighted by atomic mass is 10.1. The van der Waals surface area contributed by atoms with E-state index in [0.29, 0.717) is 28.6 Å². The van der Waals surface area contributed by atoms with Crippen LogP contribution in [0.15, 0.2) is 60.7 Å². The summed E-state index contributed by atoms with van der Waals surface area (Å²) in [7, 11) is 4.80. The molecular weight excluding hydrogens is 418 g/mol. The van der Waals surface area contributed by atoms with Crippen molar-refractivity contribution in [1.29, 1.82) is 5.26 Å². The maximum absolute atomic E-state index is 9.69. The van der Waals surface area contributed by atoms with E-state index in [-0.39, 0.29) is 6.61 Å². The van der Waals surface area contributed by atoms with Gasteiger partial charge in [-0.15, -0.1) is 0 Å². The monoisotopic (exact) mass is 441 g/mol. The number of hydrogen-bond acceptors (Lipinski definition) is 6. The van der Waals surface area contributed by atoms with Gasteiger partial charge in [0.1, 0.15) is 30.0 Å². The topological polar surface area (TPSA) is 89.4 Å². The molecule has 4 aromatic rings. The number of aromatic nitrogens is 2. The van der Waals surface area contributed by atoms with E-state index in [0.717, 1.165) is 27.9 Å². The molecule has 0 saturated carbocycles. The van der Waals surface area contributed by atoms with Crippen LogP contribution in [0.2, 0.25) is 0 Å². The number of H-pyrrole nitrogens is 1. The van der Waals surface area contributed by atoms with Crippen molar-refractivity contribution in [3.63, 3.8) is 0 Å². The second-order valence-electron chi connectivity index (χ2n) is 7.15. The third kappa shape index (κ3) is 4.75. The van der Waals surface area contributed by atoms with E-state index >= 15 is 0 Å². The third-order valence-corrected chi connectivity index (χ3v) is 5.13. The molecule has 1 heterocycles. The van der Waals surface area contributed by atoms with E-state index in [9.17, 15) is 5.26 Å². The molecule has 0 fully saturated rings. The van der Waals surface area contributed by atoms with Crippen molar-refractivity contribution < 1.29 is 18.9 Å². The summed E-state index contributed by atoms with van der Waals surface area (Å²) >= 11 is 0. The summed E-state index contributed by atoms with van der Waals surface area (Å²) in [5.74, 6) is 3.06. The zero-order valence-corrected chi connectivity index (χ0v) is 18.6. The number of nitriles is 1. The van der Waals surface area contributed by atoms with E-state index in [1.165, 1.54) is 0 Å². The first-order valence-electron chi connectivity index (χ1n) is 10.2. The summed E-state index contributed by atoms with van der Waals surface area (Å²) in [5.41, 5.74) is 3.74. The number of imidazole rings is 1. The predicted molar refractivity (Wildman–Crippen MR) is 126 cm³/mol. The first-order valence-corrected chi connectivity index (χ1v) is 10.2. The molecule has 0 amide bonds. The first-order chi connectivity index (χ1) is 16.1. The smallest absolute Gasteiger partial charge is 0.161 e. The number of benzene rings is 3. The number of aromatic amines is 1. The lowest BCUT2D eigenvalue weighted by Gasteiger charge is -2.14. The highest BCUT2D eigenvalue weighted by Crippen LogP contribution is 2.32. The molecule has 0 spiro atoms. The highest BCUT2D eigenvalue weighted by molar-refractivity contribution is 5.90. The fourth-order valence-electron chi connectivity index (χ4n) is 3.44. The number of para-hydroxylation sites is 2. The maximum Gasteiger partial charge on any atom is 0.161 e. The molecule has 0 bridgehead atoms. The van der Waals surface area contributed by atoms with Crippen LogP contribution in [0.25, 0.3) is 22.7 Å². The van der Waals surface area contributed by atoms with Crippen LogP contribution in [0.4, 0.5) is 0 Å². The number of fused-ring (bicyclic) bond motifs is 1. The van der Waals surface area contributed by atoms with Gasteiger partial charge in [-0.1, -0.05) is 18.2 Å². The quantitative estimate of drug-likeness (QED) is 0.377. The predicted octanol–water partition coefficient (Wildman–Crippen LogP) is 5.23. The molecular formula is C26H23N3O4. The Labute approximate surface area is 191 Å². The van der Waals surface area contributed by atoms with Crippen LogP contribution in [0.1, 0.15) is 17.0 Å². The van der Waals surface area contributed by atoms with Crippen molar-refractivity contribution >= 4 is 22.7 Å². The summed E-state index contributed by atoms with van der Waals surface area (Å²) in [6.45, 7) is 0.272. The second-order valence-corrected chi connectivity index (χ2v) is 7.15. The Morgan fingerprint density at radius 3 is 2.45 bits per heavy atom. The van der Waals surface area contributed by atoms with Crippen LogP contribution in [-0.4, -0.2) is 31.3 Å². The minimum Gasteiger partial charge on any atom is -0.497 e. The van der Waals surface area contributed by atoms with Gasteiger partial charge in [-0.25, -0.2) is 4.98 Å². The first kappa shape index (κ1) is 21.8. The SMILES string of the molecule is COc1ccc(OC)c(COc2ccc(/C=C(\C#N)c3nc4ccccc4[nH]3)cc2OC)c1. The third-order valence-electron chi connectivity index (χ3n) is 5.13. The molecule has 33 heavy (non-hydrogen) atoms. The molecule has 0 aliphatic heterocycles. The molecule has 0 unspecified atom stereocenters. The fourth-order valence-corrected chi connectivity index (χ4v) is 3.44. The Hall–Kier alpha value is -4.44. The normalized spacial score (nSPS) is 11.2. The molecule has 0 atom stereocenters. The zero-order valence-electron chi connectivity index (χ0n) is 18.6. The van der Waals surface area contributed by atoms with Crippen molar-refractivity contribution in [2.75, 3.05) is 21.3 Å². The van der Waals surface area contributed by atoms with Gasteiger partial charge in [0.25, 0.3) is 0 Å². The molecule has 4 rings (SSSR count). The van der Waals surface area contributed by atoms with Crippen LogP contribution in [0.3, 0.4) is 0 Å². The molecule has 7 heteroatoms. The van der Waals surface area contributed by atoms with Crippen molar-refractivity contribution in [1.82, 2.24) is 9.97 Å². The van der Waals surface area contributed by atoms with Crippen LogP contribution in [-0.2, 0) is 6.61 Å². The number of ether oxygens (including phenoxy) is 4. The highest BCUT2D eigenvalue weighted by atomic mass is 16.5. The zero-order chi connectivity index (χ0) is 23.2. The summed E-state index contributed by atoms with van der Waals surface area (Å²) in [6, 6.07) is 20.9. The van der Waals surface area contributed by atoms with Gasteiger partial charge in [0.05, 0.1) is 37.9 Å². The molecule has 3 aromatic carbocycles. The second kappa shape index (κ2) is 9.79. The van der Waals surface area contributed by atoms with Gasteiger partial charge in [-0.3, -0.25) is 0 Å².